The molecule has 4 rings (SSSR count). The molecule has 0 saturated carbocycles. The average molecular weight is 427 g/mol. The Morgan fingerprint density at radius 2 is 1.58 bits per heavy atom. The highest BCUT2D eigenvalue weighted by Gasteiger charge is 2.11. The van der Waals surface area contributed by atoms with Crippen molar-refractivity contribution in [1.29, 1.82) is 0 Å². The highest BCUT2D eigenvalue weighted by Crippen LogP contribution is 2.21. The number of para-hydroxylation sites is 1. The zero-order valence-electron chi connectivity index (χ0n) is 17.1. The Kier molecular flexibility index (Phi) is 6.59. The van der Waals surface area contributed by atoms with Crippen molar-refractivity contribution in [3.05, 3.63) is 102 Å². The van der Waals surface area contributed by atoms with E-state index < -0.39 is 0 Å². The molecule has 154 valence electrons. The van der Waals surface area contributed by atoms with Gasteiger partial charge in [-0.15, -0.1) is 0 Å². The molecule has 0 bridgehead atoms. The van der Waals surface area contributed by atoms with Gasteiger partial charge >= 0.3 is 0 Å². The minimum absolute atomic E-state index is 0.0466. The molecule has 0 unspecified atom stereocenters. The van der Waals surface area contributed by atoms with Gasteiger partial charge in [0.15, 0.2) is 16.8 Å². The lowest BCUT2D eigenvalue weighted by Crippen LogP contribution is -2.12. The molecular weight excluding hydrogens is 404 g/mol. The maximum Gasteiger partial charge on any atom is 0.176 e. The van der Waals surface area contributed by atoms with Crippen LogP contribution in [0.1, 0.15) is 16.1 Å². The van der Waals surface area contributed by atoms with Crippen LogP contribution in [0.15, 0.2) is 96.0 Å². The average Bonchev–Trinajstić information content (AvgIpc) is 3.23. The Bertz CT molecular complexity index is 1170. The lowest BCUT2D eigenvalue weighted by molar-refractivity contribution is 0.102. The summed E-state index contributed by atoms with van der Waals surface area (Å²) in [6.45, 7) is 1.92. The number of anilines is 1. The second kappa shape index (κ2) is 9.91. The van der Waals surface area contributed by atoms with Crippen molar-refractivity contribution in [2.24, 2.45) is 4.99 Å². The van der Waals surface area contributed by atoms with Gasteiger partial charge in [-0.1, -0.05) is 84.6 Å². The van der Waals surface area contributed by atoms with Gasteiger partial charge in [0.2, 0.25) is 0 Å². The summed E-state index contributed by atoms with van der Waals surface area (Å²) in [6.07, 6.45) is 0. The van der Waals surface area contributed by atoms with Crippen LogP contribution in [-0.2, 0) is 0 Å². The third-order valence-electron chi connectivity index (χ3n) is 4.59. The molecule has 0 spiro atoms. The van der Waals surface area contributed by atoms with Crippen LogP contribution in [0.4, 0.5) is 11.5 Å². The second-order valence-electron chi connectivity index (χ2n) is 6.97. The molecule has 0 saturated heterocycles. The third kappa shape index (κ3) is 5.71. The van der Waals surface area contributed by atoms with Gasteiger partial charge in [-0.2, -0.15) is 5.10 Å². The van der Waals surface area contributed by atoms with Crippen LogP contribution >= 0.6 is 11.8 Å². The number of thioether (sulfide) groups is 1. The fraction of sp³-hybridized carbons (Fsp3) is 0.0800. The molecule has 0 fully saturated rings. The van der Waals surface area contributed by atoms with E-state index in [0.717, 1.165) is 22.5 Å². The molecule has 0 radical (unpaired) electrons. The Balaban J connectivity index is 1.46. The fourth-order valence-electron chi connectivity index (χ4n) is 3.00. The van der Waals surface area contributed by atoms with Crippen LogP contribution in [0.3, 0.4) is 0 Å². The number of nitrogens with one attached hydrogen (secondary N) is 2. The quantitative estimate of drug-likeness (QED) is 0.222. The minimum atomic E-state index is 0.0466. The highest BCUT2D eigenvalue weighted by atomic mass is 32.2. The summed E-state index contributed by atoms with van der Waals surface area (Å²) in [4.78, 5) is 17.3. The van der Waals surface area contributed by atoms with Crippen molar-refractivity contribution < 1.29 is 4.79 Å². The number of hydrogen-bond acceptors (Lipinski definition) is 4. The maximum absolute atomic E-state index is 12.8. The number of nitrogens with zero attached hydrogens (tertiary/aromatic N) is 2. The molecule has 0 aliphatic carbocycles. The van der Waals surface area contributed by atoms with Crippen LogP contribution in [-0.4, -0.2) is 26.9 Å². The lowest BCUT2D eigenvalue weighted by Gasteiger charge is -2.09. The largest absolute Gasteiger partial charge is 0.335 e. The Hall–Kier alpha value is -3.64. The lowest BCUT2D eigenvalue weighted by atomic mass is 10.0. The van der Waals surface area contributed by atoms with E-state index in [1.165, 1.54) is 11.8 Å². The highest BCUT2D eigenvalue weighted by molar-refractivity contribution is 8.14. The van der Waals surface area contributed by atoms with Gasteiger partial charge in [-0.25, -0.2) is 4.99 Å². The minimum Gasteiger partial charge on any atom is -0.335 e. The van der Waals surface area contributed by atoms with Crippen molar-refractivity contribution >= 4 is 34.2 Å². The Labute approximate surface area is 185 Å². The predicted molar refractivity (Wildman–Crippen MR) is 129 cm³/mol. The van der Waals surface area contributed by atoms with Gasteiger partial charge in [-0.3, -0.25) is 9.89 Å². The topological polar surface area (TPSA) is 70.1 Å². The summed E-state index contributed by atoms with van der Waals surface area (Å²) in [5, 5.41) is 11.0. The van der Waals surface area contributed by atoms with E-state index in [0.29, 0.717) is 16.5 Å². The van der Waals surface area contributed by atoms with E-state index in [1.54, 1.807) is 0 Å². The molecule has 5 nitrogen and oxygen atoms in total. The van der Waals surface area contributed by atoms with Crippen LogP contribution in [0, 0.1) is 6.92 Å². The van der Waals surface area contributed by atoms with Crippen molar-refractivity contribution in [3.63, 3.8) is 0 Å². The molecule has 0 amide bonds. The van der Waals surface area contributed by atoms with Gasteiger partial charge < -0.3 is 5.32 Å². The molecule has 0 atom stereocenters. The van der Waals surface area contributed by atoms with Crippen molar-refractivity contribution in [1.82, 2.24) is 10.2 Å². The van der Waals surface area contributed by atoms with E-state index in [-0.39, 0.29) is 11.5 Å². The summed E-state index contributed by atoms with van der Waals surface area (Å²) in [5.74, 6) is 0.890. The van der Waals surface area contributed by atoms with E-state index in [9.17, 15) is 4.79 Å². The van der Waals surface area contributed by atoms with Gasteiger partial charge in [0.05, 0.1) is 5.75 Å². The van der Waals surface area contributed by atoms with Crippen LogP contribution in [0.2, 0.25) is 0 Å². The van der Waals surface area contributed by atoms with Gasteiger partial charge in [0.1, 0.15) is 0 Å². The molecule has 0 aliphatic heterocycles. The first-order chi connectivity index (χ1) is 15.2. The number of benzene rings is 3. The predicted octanol–water partition coefficient (Wildman–Crippen LogP) is 6.10. The fourth-order valence-corrected chi connectivity index (χ4v) is 3.79. The number of aliphatic imine (C=N–C) groups is 1. The molecule has 6 heteroatoms. The summed E-state index contributed by atoms with van der Waals surface area (Å²) in [5.41, 5.74) is 4.73. The summed E-state index contributed by atoms with van der Waals surface area (Å²) < 4.78 is 0. The Morgan fingerprint density at radius 3 is 2.23 bits per heavy atom. The van der Waals surface area contributed by atoms with E-state index in [2.05, 4.69) is 32.6 Å². The normalized spacial score (nSPS) is 11.3. The molecular formula is C25H22N4OS. The smallest absolute Gasteiger partial charge is 0.176 e. The number of amidine groups is 1. The van der Waals surface area contributed by atoms with Crippen molar-refractivity contribution in [3.8, 4) is 11.1 Å². The molecule has 3 aromatic carbocycles. The number of hydrogen-bond donors (Lipinski definition) is 2. The van der Waals surface area contributed by atoms with Gasteiger partial charge in [0.25, 0.3) is 0 Å². The first-order valence-corrected chi connectivity index (χ1v) is 10.9. The van der Waals surface area contributed by atoms with E-state index >= 15 is 0 Å². The monoisotopic (exact) mass is 426 g/mol. The third-order valence-corrected chi connectivity index (χ3v) is 5.46. The van der Waals surface area contributed by atoms with Crippen LogP contribution in [0.25, 0.3) is 11.1 Å². The first kappa shape index (κ1) is 20.6. The van der Waals surface area contributed by atoms with Crippen LogP contribution < -0.4 is 5.32 Å². The zero-order valence-corrected chi connectivity index (χ0v) is 17.9. The summed E-state index contributed by atoms with van der Waals surface area (Å²) in [6, 6.07) is 29.5. The van der Waals surface area contributed by atoms with Gasteiger partial charge in [-0.05, 0) is 30.2 Å². The molecule has 31 heavy (non-hydrogen) atoms. The number of carbonyl (C=O) groups is 1. The summed E-state index contributed by atoms with van der Waals surface area (Å²) >= 11 is 1.36. The Morgan fingerprint density at radius 1 is 0.935 bits per heavy atom. The number of carbonyl (C=O) groups excluding carboxylic acids is 1. The molecule has 2 N–H and O–H groups in total. The van der Waals surface area contributed by atoms with E-state index in [4.69, 9.17) is 0 Å². The number of rotatable bonds is 6. The number of aromatic nitrogens is 2. The number of aryl methyl sites for hydroxylation is 1. The first-order valence-electron chi connectivity index (χ1n) is 9.91. The number of aromatic amines is 1. The van der Waals surface area contributed by atoms with E-state index in [1.807, 2.05) is 85.8 Å². The second-order valence-corrected chi connectivity index (χ2v) is 7.94. The molecule has 1 aromatic heterocycles. The number of Topliss-reactive ketones (excluding diaryl/α,β-unsaturated/α-hetero) is 1. The summed E-state index contributed by atoms with van der Waals surface area (Å²) in [7, 11) is 0. The molecule has 0 aliphatic rings. The molecule has 4 aromatic rings. The maximum atomic E-state index is 12.8. The SMILES string of the molecule is Cc1cc(N=C(Nc2ccccc2)SCC(=O)c2ccc(-c3ccccc3)cc2)n[nH]1. The molecule has 1 heterocycles. The number of ketones is 1. The van der Waals surface area contributed by atoms with Crippen molar-refractivity contribution in [2.75, 3.05) is 11.1 Å². The van der Waals surface area contributed by atoms with Crippen LogP contribution in [0.5, 0.6) is 0 Å². The number of H-pyrrole nitrogens is 1. The van der Waals surface area contributed by atoms with Gasteiger partial charge in [0, 0.05) is 23.0 Å². The zero-order chi connectivity index (χ0) is 21.5. The van der Waals surface area contributed by atoms with Crippen molar-refractivity contribution in [2.45, 2.75) is 6.92 Å². The standard InChI is InChI=1S/C25H22N4OS/c1-18-16-24(29-28-18)27-25(26-22-10-6-3-7-11-22)31-17-23(30)21-14-12-20(13-15-21)19-8-4-2-5-9-19/h2-16H,17H2,1H3,(H2,26,27,28,29).